The number of aromatic nitrogens is 3. The van der Waals surface area contributed by atoms with E-state index in [9.17, 15) is 0 Å². The summed E-state index contributed by atoms with van der Waals surface area (Å²) >= 11 is 0. The van der Waals surface area contributed by atoms with Crippen molar-refractivity contribution in [2.24, 2.45) is 7.05 Å². The Morgan fingerprint density at radius 2 is 2.57 bits per heavy atom. The van der Waals surface area contributed by atoms with Gasteiger partial charge in [-0.25, -0.2) is 0 Å². The maximum absolute atomic E-state index is 4.08. The normalized spacial score (nSPS) is 22.1. The minimum absolute atomic E-state index is 0.645. The van der Waals surface area contributed by atoms with Crippen LogP contribution in [0.15, 0.2) is 6.33 Å². The van der Waals surface area contributed by atoms with Crippen molar-refractivity contribution < 1.29 is 0 Å². The highest BCUT2D eigenvalue weighted by molar-refractivity contribution is 4.87. The van der Waals surface area contributed by atoms with Crippen LogP contribution in [0.4, 0.5) is 0 Å². The van der Waals surface area contributed by atoms with Gasteiger partial charge in [-0.15, -0.1) is 10.2 Å². The molecule has 5 heteroatoms. The monoisotopic (exact) mass is 195 g/mol. The molecule has 0 radical (unpaired) electrons. The molecule has 0 aromatic carbocycles. The van der Waals surface area contributed by atoms with Gasteiger partial charge in [0.25, 0.3) is 0 Å². The van der Waals surface area contributed by atoms with Gasteiger partial charge in [-0.3, -0.25) is 4.90 Å². The van der Waals surface area contributed by atoms with Crippen LogP contribution in [0.1, 0.15) is 12.2 Å². The molecular formula is C9H17N5. The predicted octanol–water partition coefficient (Wildman–Crippen LogP) is -0.391. The Morgan fingerprint density at radius 1 is 1.71 bits per heavy atom. The maximum atomic E-state index is 4.08. The van der Waals surface area contributed by atoms with Gasteiger partial charge in [-0.05, 0) is 20.0 Å². The molecule has 2 rings (SSSR count). The molecule has 1 N–H and O–H groups in total. The number of rotatable bonds is 3. The van der Waals surface area contributed by atoms with E-state index in [0.29, 0.717) is 6.04 Å². The lowest BCUT2D eigenvalue weighted by molar-refractivity contribution is 0.240. The fourth-order valence-electron chi connectivity index (χ4n) is 1.82. The quantitative estimate of drug-likeness (QED) is 0.713. The summed E-state index contributed by atoms with van der Waals surface area (Å²) in [4.78, 5) is 2.34. The molecule has 0 aliphatic carbocycles. The summed E-state index contributed by atoms with van der Waals surface area (Å²) in [6.45, 7) is 3.10. The molecule has 5 nitrogen and oxygen atoms in total. The summed E-state index contributed by atoms with van der Waals surface area (Å²) in [7, 11) is 4.13. The van der Waals surface area contributed by atoms with Crippen LogP contribution < -0.4 is 5.32 Å². The molecule has 1 atom stereocenters. The first-order chi connectivity index (χ1) is 6.77. The van der Waals surface area contributed by atoms with E-state index in [-0.39, 0.29) is 0 Å². The Morgan fingerprint density at radius 3 is 3.14 bits per heavy atom. The van der Waals surface area contributed by atoms with Crippen LogP contribution in [0.25, 0.3) is 0 Å². The molecular weight excluding hydrogens is 178 g/mol. The predicted molar refractivity (Wildman–Crippen MR) is 53.7 cm³/mol. The molecule has 1 fully saturated rings. The van der Waals surface area contributed by atoms with Crippen molar-refractivity contribution in [1.29, 1.82) is 0 Å². The number of hydrogen-bond acceptors (Lipinski definition) is 4. The van der Waals surface area contributed by atoms with E-state index in [1.54, 1.807) is 6.33 Å². The standard InChI is InChI=1S/C9H17N5/c1-13(8-3-4-10-5-8)6-9-12-11-7-14(9)2/h7-8,10H,3-6H2,1-2H3. The first-order valence-corrected chi connectivity index (χ1v) is 5.01. The SMILES string of the molecule is CN(Cc1nncn1C)C1CCNC1. The van der Waals surface area contributed by atoms with Crippen LogP contribution in [0.3, 0.4) is 0 Å². The fourth-order valence-corrected chi connectivity index (χ4v) is 1.82. The summed E-state index contributed by atoms with van der Waals surface area (Å²) in [5, 5.41) is 11.3. The molecule has 1 aromatic rings. The summed E-state index contributed by atoms with van der Waals surface area (Å²) in [6.07, 6.45) is 2.98. The highest BCUT2D eigenvalue weighted by Crippen LogP contribution is 2.08. The van der Waals surface area contributed by atoms with Crippen LogP contribution >= 0.6 is 0 Å². The Bertz CT molecular complexity index is 289. The lowest BCUT2D eigenvalue weighted by Crippen LogP contribution is -2.33. The third-order valence-electron chi connectivity index (χ3n) is 2.85. The van der Waals surface area contributed by atoms with Crippen molar-refractivity contribution >= 4 is 0 Å². The largest absolute Gasteiger partial charge is 0.320 e. The molecule has 0 amide bonds. The zero-order chi connectivity index (χ0) is 9.97. The summed E-state index contributed by atoms with van der Waals surface area (Å²) in [5.41, 5.74) is 0. The van der Waals surface area contributed by atoms with E-state index in [2.05, 4.69) is 27.5 Å². The lowest BCUT2D eigenvalue weighted by Gasteiger charge is -2.22. The zero-order valence-electron chi connectivity index (χ0n) is 8.77. The third kappa shape index (κ3) is 1.93. The van der Waals surface area contributed by atoms with E-state index >= 15 is 0 Å². The highest BCUT2D eigenvalue weighted by Gasteiger charge is 2.20. The van der Waals surface area contributed by atoms with Crippen LogP contribution in [-0.2, 0) is 13.6 Å². The summed E-state index contributed by atoms with van der Waals surface area (Å²) in [6, 6.07) is 0.645. The van der Waals surface area contributed by atoms with Crippen LogP contribution in [0.5, 0.6) is 0 Å². The fraction of sp³-hybridized carbons (Fsp3) is 0.778. The molecule has 0 saturated carbocycles. The zero-order valence-corrected chi connectivity index (χ0v) is 8.77. The van der Waals surface area contributed by atoms with Gasteiger partial charge in [0.1, 0.15) is 12.2 Å². The molecule has 1 aliphatic rings. The highest BCUT2D eigenvalue weighted by atomic mass is 15.3. The van der Waals surface area contributed by atoms with Gasteiger partial charge in [0.05, 0.1) is 6.54 Å². The topological polar surface area (TPSA) is 46.0 Å². The van der Waals surface area contributed by atoms with Gasteiger partial charge in [0.15, 0.2) is 0 Å². The second-order valence-electron chi connectivity index (χ2n) is 3.92. The Hall–Kier alpha value is -0.940. The molecule has 0 bridgehead atoms. The van der Waals surface area contributed by atoms with Crippen molar-refractivity contribution in [2.75, 3.05) is 20.1 Å². The van der Waals surface area contributed by atoms with Gasteiger partial charge in [-0.2, -0.15) is 0 Å². The van der Waals surface area contributed by atoms with E-state index in [4.69, 9.17) is 0 Å². The summed E-state index contributed by atoms with van der Waals surface area (Å²) in [5.74, 6) is 1.03. The van der Waals surface area contributed by atoms with Crippen molar-refractivity contribution in [1.82, 2.24) is 25.0 Å². The molecule has 78 valence electrons. The smallest absolute Gasteiger partial charge is 0.146 e. The van der Waals surface area contributed by atoms with E-state index < -0.39 is 0 Å². The van der Waals surface area contributed by atoms with Crippen LogP contribution in [-0.4, -0.2) is 45.8 Å². The molecule has 1 aromatic heterocycles. The second kappa shape index (κ2) is 4.06. The summed E-state index contributed by atoms with van der Waals surface area (Å²) < 4.78 is 1.97. The van der Waals surface area contributed by atoms with Crippen molar-refractivity contribution in [3.05, 3.63) is 12.2 Å². The molecule has 2 heterocycles. The lowest BCUT2D eigenvalue weighted by atomic mass is 10.2. The first-order valence-electron chi connectivity index (χ1n) is 5.01. The van der Waals surface area contributed by atoms with Crippen molar-refractivity contribution in [3.8, 4) is 0 Å². The van der Waals surface area contributed by atoms with E-state index in [1.807, 2.05) is 11.6 Å². The Labute approximate surface area is 84.1 Å². The average Bonchev–Trinajstić information content (AvgIpc) is 2.77. The number of nitrogens with one attached hydrogen (secondary N) is 1. The number of hydrogen-bond donors (Lipinski definition) is 1. The molecule has 14 heavy (non-hydrogen) atoms. The minimum atomic E-state index is 0.645. The third-order valence-corrected chi connectivity index (χ3v) is 2.85. The van der Waals surface area contributed by atoms with Gasteiger partial charge in [0, 0.05) is 19.6 Å². The van der Waals surface area contributed by atoms with E-state index in [1.165, 1.54) is 6.42 Å². The Balaban J connectivity index is 1.93. The van der Waals surface area contributed by atoms with Crippen molar-refractivity contribution in [2.45, 2.75) is 19.0 Å². The molecule has 0 spiro atoms. The Kier molecular flexibility index (Phi) is 2.79. The van der Waals surface area contributed by atoms with Gasteiger partial charge >= 0.3 is 0 Å². The maximum Gasteiger partial charge on any atom is 0.146 e. The number of aryl methyl sites for hydroxylation is 1. The second-order valence-corrected chi connectivity index (χ2v) is 3.92. The molecule has 1 saturated heterocycles. The molecule has 1 aliphatic heterocycles. The van der Waals surface area contributed by atoms with E-state index in [0.717, 1.165) is 25.5 Å². The average molecular weight is 195 g/mol. The number of nitrogens with zero attached hydrogens (tertiary/aromatic N) is 4. The van der Waals surface area contributed by atoms with Crippen LogP contribution in [0.2, 0.25) is 0 Å². The number of likely N-dealkylation sites (N-methyl/N-ethyl adjacent to an activating group) is 1. The van der Waals surface area contributed by atoms with Gasteiger partial charge < -0.3 is 9.88 Å². The van der Waals surface area contributed by atoms with Gasteiger partial charge in [0.2, 0.25) is 0 Å². The van der Waals surface area contributed by atoms with Crippen molar-refractivity contribution in [3.63, 3.8) is 0 Å². The van der Waals surface area contributed by atoms with Gasteiger partial charge in [-0.1, -0.05) is 0 Å². The van der Waals surface area contributed by atoms with Crippen LogP contribution in [0, 0.1) is 0 Å². The molecule has 1 unspecified atom stereocenters. The minimum Gasteiger partial charge on any atom is -0.320 e. The first kappa shape index (κ1) is 9.61.